The minimum Gasteiger partial charge on any atom is -0.481 e. The maximum atomic E-state index is 10.7. The minimum absolute atomic E-state index is 0.358. The largest absolute Gasteiger partial charge is 0.481 e. The molecule has 0 aromatic carbocycles. The molecule has 0 aromatic rings. The molecule has 0 unspecified atom stereocenters. The molecule has 0 aliphatic carbocycles. The summed E-state index contributed by atoms with van der Waals surface area (Å²) in [5.74, 6) is -2.73. The lowest BCUT2D eigenvalue weighted by Gasteiger charge is -1.96. The lowest BCUT2D eigenvalue weighted by atomic mass is 10.8. The van der Waals surface area contributed by atoms with Crippen LogP contribution in [0.3, 0.4) is 0 Å². The molecule has 6 heteroatoms. The Bertz CT molecular complexity index is 187. The lowest BCUT2D eigenvalue weighted by Crippen LogP contribution is -2.18. The summed E-state index contributed by atoms with van der Waals surface area (Å²) in [7, 11) is -0.501. The van der Waals surface area contributed by atoms with E-state index in [2.05, 4.69) is 4.74 Å². The van der Waals surface area contributed by atoms with E-state index in [9.17, 15) is 13.8 Å². The Balaban J connectivity index is 3.70. The Labute approximate surface area is 65.8 Å². The Morgan fingerprint density at radius 3 is 2.36 bits per heavy atom. The van der Waals surface area contributed by atoms with Crippen molar-refractivity contribution in [1.29, 1.82) is 0 Å². The zero-order chi connectivity index (χ0) is 8.85. The number of carbonyl (C=O) groups excluding carboxylic acids is 1. The molecular weight excluding hydrogens is 172 g/mol. The van der Waals surface area contributed by atoms with Crippen LogP contribution in [0.15, 0.2) is 0 Å². The Hall–Kier alpha value is -0.910. The van der Waals surface area contributed by atoms with Crippen molar-refractivity contribution in [2.75, 3.05) is 18.6 Å². The van der Waals surface area contributed by atoms with Crippen LogP contribution in [-0.2, 0) is 25.1 Å². The summed E-state index contributed by atoms with van der Waals surface area (Å²) in [6, 6.07) is 0. The molecule has 1 N–H and O–H groups in total. The van der Waals surface area contributed by atoms with Crippen molar-refractivity contribution in [3.8, 4) is 0 Å². The second-order valence-electron chi connectivity index (χ2n) is 1.70. The van der Waals surface area contributed by atoms with Gasteiger partial charge in [0.1, 0.15) is 11.5 Å². The highest BCUT2D eigenvalue weighted by molar-refractivity contribution is 7.86. The number of ether oxygens (including phenoxy) is 1. The average molecular weight is 180 g/mol. The van der Waals surface area contributed by atoms with E-state index in [1.807, 2.05) is 0 Å². The molecular formula is C5H8O5S. The average Bonchev–Trinajstić information content (AvgIpc) is 1.85. The van der Waals surface area contributed by atoms with Gasteiger partial charge in [-0.3, -0.25) is 13.8 Å². The van der Waals surface area contributed by atoms with Crippen molar-refractivity contribution in [1.82, 2.24) is 0 Å². The smallest absolute Gasteiger partial charge is 0.318 e. The van der Waals surface area contributed by atoms with Crippen LogP contribution in [-0.4, -0.2) is 39.9 Å². The highest BCUT2D eigenvalue weighted by Crippen LogP contribution is 1.84. The molecule has 1 atom stereocenters. The summed E-state index contributed by atoms with van der Waals surface area (Å²) >= 11 is 0. The molecule has 0 heterocycles. The normalized spacial score (nSPS) is 12.1. The summed E-state index contributed by atoms with van der Waals surface area (Å²) in [4.78, 5) is 20.3. The molecule has 0 rings (SSSR count). The molecule has 5 nitrogen and oxygen atoms in total. The van der Waals surface area contributed by atoms with Crippen LogP contribution in [0.1, 0.15) is 0 Å². The summed E-state index contributed by atoms with van der Waals surface area (Å²) in [6.45, 7) is 0. The van der Waals surface area contributed by atoms with Crippen molar-refractivity contribution < 1.29 is 23.6 Å². The minimum atomic E-state index is -1.65. The van der Waals surface area contributed by atoms with Gasteiger partial charge in [-0.05, 0) is 0 Å². The first-order valence-electron chi connectivity index (χ1n) is 2.70. The van der Waals surface area contributed by atoms with E-state index in [1.54, 1.807) is 0 Å². The van der Waals surface area contributed by atoms with E-state index in [0.29, 0.717) is 0 Å². The van der Waals surface area contributed by atoms with Gasteiger partial charge in [-0.2, -0.15) is 0 Å². The number of methoxy groups -OCH3 is 1. The first-order chi connectivity index (χ1) is 5.06. The number of aliphatic carboxylic acids is 1. The van der Waals surface area contributed by atoms with Crippen molar-refractivity contribution in [3.63, 3.8) is 0 Å². The first-order valence-corrected chi connectivity index (χ1v) is 4.18. The van der Waals surface area contributed by atoms with Gasteiger partial charge in [0.2, 0.25) is 0 Å². The molecule has 0 fully saturated rings. The van der Waals surface area contributed by atoms with E-state index in [1.165, 1.54) is 0 Å². The first kappa shape index (κ1) is 10.1. The zero-order valence-corrected chi connectivity index (χ0v) is 6.72. The van der Waals surface area contributed by atoms with Gasteiger partial charge in [-0.1, -0.05) is 0 Å². The molecule has 0 aliphatic heterocycles. The predicted molar refractivity (Wildman–Crippen MR) is 37.5 cm³/mol. The van der Waals surface area contributed by atoms with Gasteiger partial charge in [0, 0.05) is 10.8 Å². The summed E-state index contributed by atoms with van der Waals surface area (Å²) < 4.78 is 14.8. The van der Waals surface area contributed by atoms with Crippen LogP contribution >= 0.6 is 0 Å². The van der Waals surface area contributed by atoms with Crippen LogP contribution in [0.25, 0.3) is 0 Å². The van der Waals surface area contributed by atoms with Gasteiger partial charge in [0.05, 0.1) is 7.11 Å². The maximum Gasteiger partial charge on any atom is 0.318 e. The van der Waals surface area contributed by atoms with Crippen LogP contribution in [0.2, 0.25) is 0 Å². The number of carboxylic acids is 1. The van der Waals surface area contributed by atoms with E-state index in [-0.39, 0.29) is 5.75 Å². The molecule has 0 radical (unpaired) electrons. The van der Waals surface area contributed by atoms with E-state index in [0.717, 1.165) is 7.11 Å². The molecule has 11 heavy (non-hydrogen) atoms. The van der Waals surface area contributed by atoms with Gasteiger partial charge in [-0.25, -0.2) is 0 Å². The van der Waals surface area contributed by atoms with E-state index < -0.39 is 28.5 Å². The third kappa shape index (κ3) is 5.53. The van der Waals surface area contributed by atoms with Gasteiger partial charge in [0.15, 0.2) is 0 Å². The van der Waals surface area contributed by atoms with E-state index in [4.69, 9.17) is 5.11 Å². The molecule has 0 bridgehead atoms. The van der Waals surface area contributed by atoms with Crippen molar-refractivity contribution in [2.45, 2.75) is 0 Å². The quantitative estimate of drug-likeness (QED) is 0.561. The second-order valence-corrected chi connectivity index (χ2v) is 3.16. The Kier molecular flexibility index (Phi) is 4.44. The third-order valence-electron chi connectivity index (χ3n) is 0.791. The molecule has 0 saturated heterocycles. The molecule has 0 aromatic heterocycles. The number of hydrogen-bond acceptors (Lipinski definition) is 4. The standard InChI is InChI=1S/C5H8O5S/c1-10-5(8)3-11(9)2-4(6)7/h2-3H2,1H3,(H,6,7)/t11-/m1/s1. The Morgan fingerprint density at radius 1 is 1.45 bits per heavy atom. The second kappa shape index (κ2) is 4.84. The van der Waals surface area contributed by atoms with Crippen LogP contribution in [0.4, 0.5) is 0 Å². The van der Waals surface area contributed by atoms with Crippen molar-refractivity contribution in [3.05, 3.63) is 0 Å². The maximum absolute atomic E-state index is 10.7. The Morgan fingerprint density at radius 2 is 2.00 bits per heavy atom. The number of esters is 1. The fourth-order valence-electron chi connectivity index (χ4n) is 0.379. The number of rotatable bonds is 4. The SMILES string of the molecule is COC(=O)C[S@](=O)CC(=O)O. The number of hydrogen-bond donors (Lipinski definition) is 1. The number of carboxylic acid groups (broad SMARTS) is 1. The topological polar surface area (TPSA) is 80.7 Å². The predicted octanol–water partition coefficient (Wildman–Crippen LogP) is -1.01. The summed E-state index contributed by atoms with van der Waals surface area (Å²) in [6.07, 6.45) is 0. The molecule has 0 aliphatic rings. The van der Waals surface area contributed by atoms with Gasteiger partial charge < -0.3 is 9.84 Å². The van der Waals surface area contributed by atoms with Gasteiger partial charge in [-0.15, -0.1) is 0 Å². The fraction of sp³-hybridized carbons (Fsp3) is 0.600. The molecule has 64 valence electrons. The molecule has 0 saturated carbocycles. The van der Waals surface area contributed by atoms with Crippen LogP contribution < -0.4 is 0 Å². The summed E-state index contributed by atoms with van der Waals surface area (Å²) in [5, 5.41) is 8.12. The fourth-order valence-corrected chi connectivity index (χ4v) is 1.14. The monoisotopic (exact) mass is 180 g/mol. The number of carbonyl (C=O) groups is 2. The third-order valence-corrected chi connectivity index (χ3v) is 1.92. The van der Waals surface area contributed by atoms with Crippen molar-refractivity contribution >= 4 is 22.7 Å². The van der Waals surface area contributed by atoms with Gasteiger partial charge in [0.25, 0.3) is 0 Å². The lowest BCUT2D eigenvalue weighted by molar-refractivity contribution is -0.137. The molecule has 0 spiro atoms. The van der Waals surface area contributed by atoms with Crippen LogP contribution in [0.5, 0.6) is 0 Å². The van der Waals surface area contributed by atoms with Crippen molar-refractivity contribution in [2.24, 2.45) is 0 Å². The zero-order valence-electron chi connectivity index (χ0n) is 5.90. The highest BCUT2D eigenvalue weighted by Gasteiger charge is 2.10. The van der Waals surface area contributed by atoms with Crippen LogP contribution in [0, 0.1) is 0 Å². The summed E-state index contributed by atoms with van der Waals surface area (Å²) in [5.41, 5.74) is 0. The highest BCUT2D eigenvalue weighted by atomic mass is 32.2. The molecule has 0 amide bonds. The van der Waals surface area contributed by atoms with E-state index >= 15 is 0 Å². The van der Waals surface area contributed by atoms with Gasteiger partial charge >= 0.3 is 11.9 Å².